The Kier molecular flexibility index (Phi) is 6.44. The molecule has 1 N–H and O–H groups in total. The number of hydrogen-bond donors (Lipinski definition) is 1. The summed E-state index contributed by atoms with van der Waals surface area (Å²) in [5.74, 6) is 0.989. The lowest BCUT2D eigenvalue weighted by atomic mass is 10.3. The van der Waals surface area contributed by atoms with Gasteiger partial charge in [0, 0.05) is 43.6 Å². The van der Waals surface area contributed by atoms with Crippen LogP contribution >= 0.6 is 11.5 Å². The minimum Gasteiger partial charge on any atom is -0.346 e. The molecule has 0 aliphatic carbocycles. The predicted octanol–water partition coefficient (Wildman–Crippen LogP) is 2.31. The van der Waals surface area contributed by atoms with E-state index in [1.54, 1.807) is 0 Å². The third kappa shape index (κ3) is 5.00. The predicted molar refractivity (Wildman–Crippen MR) is 74.9 cm³/mol. The Morgan fingerprint density at radius 3 is 2.71 bits per heavy atom. The summed E-state index contributed by atoms with van der Waals surface area (Å²) in [6.07, 6.45) is 2.09. The van der Waals surface area contributed by atoms with Crippen molar-refractivity contribution in [3.8, 4) is 0 Å². The third-order valence-electron chi connectivity index (χ3n) is 2.52. The van der Waals surface area contributed by atoms with Gasteiger partial charge in [0.1, 0.15) is 5.82 Å². The molecule has 0 saturated heterocycles. The highest BCUT2D eigenvalue weighted by Crippen LogP contribution is 2.17. The van der Waals surface area contributed by atoms with Crippen molar-refractivity contribution in [2.45, 2.75) is 46.6 Å². The van der Waals surface area contributed by atoms with Crippen LogP contribution in [0.3, 0.4) is 0 Å². The van der Waals surface area contributed by atoms with E-state index in [2.05, 4.69) is 47.3 Å². The molecule has 1 aromatic heterocycles. The highest BCUT2D eigenvalue weighted by Gasteiger charge is 2.10. The van der Waals surface area contributed by atoms with Crippen LogP contribution in [0.15, 0.2) is 0 Å². The van der Waals surface area contributed by atoms with Crippen molar-refractivity contribution in [2.24, 2.45) is 0 Å². The Morgan fingerprint density at radius 1 is 1.35 bits per heavy atom. The zero-order valence-corrected chi connectivity index (χ0v) is 12.2. The second-order valence-corrected chi connectivity index (χ2v) is 5.16. The smallest absolute Gasteiger partial charge is 0.205 e. The average Bonchev–Trinajstić information content (AvgIpc) is 2.73. The molecule has 1 rings (SSSR count). The summed E-state index contributed by atoms with van der Waals surface area (Å²) >= 11 is 1.52. The molecule has 17 heavy (non-hydrogen) atoms. The summed E-state index contributed by atoms with van der Waals surface area (Å²) in [6.45, 7) is 11.6. The molecule has 0 unspecified atom stereocenters. The maximum atomic E-state index is 4.57. The molecule has 0 aliphatic rings. The molecule has 0 aliphatic heterocycles. The molecule has 98 valence electrons. The third-order valence-corrected chi connectivity index (χ3v) is 3.33. The number of nitrogens with zero attached hydrogens (tertiary/aromatic N) is 3. The maximum Gasteiger partial charge on any atom is 0.205 e. The molecule has 0 fully saturated rings. The summed E-state index contributed by atoms with van der Waals surface area (Å²) in [5.41, 5.74) is 0. The molecule has 0 spiro atoms. The minimum atomic E-state index is 0.541. The second-order valence-electron chi connectivity index (χ2n) is 4.43. The number of nitrogens with one attached hydrogen (secondary N) is 1. The van der Waals surface area contributed by atoms with Crippen molar-refractivity contribution < 1.29 is 0 Å². The molecular formula is C12H24N4S. The van der Waals surface area contributed by atoms with Gasteiger partial charge in [-0.25, -0.2) is 4.98 Å². The maximum absolute atomic E-state index is 4.57. The van der Waals surface area contributed by atoms with Gasteiger partial charge in [-0.05, 0) is 13.3 Å². The Hall–Kier alpha value is -0.680. The molecular weight excluding hydrogens is 232 g/mol. The van der Waals surface area contributed by atoms with Gasteiger partial charge in [0.25, 0.3) is 0 Å². The van der Waals surface area contributed by atoms with E-state index in [0.29, 0.717) is 6.04 Å². The van der Waals surface area contributed by atoms with Crippen molar-refractivity contribution >= 4 is 16.7 Å². The van der Waals surface area contributed by atoms with Crippen molar-refractivity contribution in [3.05, 3.63) is 5.82 Å². The van der Waals surface area contributed by atoms with Crippen LogP contribution < -0.4 is 10.2 Å². The standard InChI is InChI=1S/C12H24N4S/c1-5-7-11-14-12(17-15-11)16(6-2)9-8-13-10(3)4/h10,13H,5-9H2,1-4H3. The fourth-order valence-electron chi connectivity index (χ4n) is 1.58. The van der Waals surface area contributed by atoms with Gasteiger partial charge < -0.3 is 10.2 Å². The Bertz CT molecular complexity index is 311. The van der Waals surface area contributed by atoms with E-state index < -0.39 is 0 Å². The monoisotopic (exact) mass is 256 g/mol. The number of likely N-dealkylation sites (N-methyl/N-ethyl adjacent to an activating group) is 1. The van der Waals surface area contributed by atoms with Crippen molar-refractivity contribution in [3.63, 3.8) is 0 Å². The Morgan fingerprint density at radius 2 is 2.12 bits per heavy atom. The molecule has 0 atom stereocenters. The fraction of sp³-hybridized carbons (Fsp3) is 0.833. The molecule has 0 saturated carbocycles. The quantitative estimate of drug-likeness (QED) is 0.775. The molecule has 1 aromatic rings. The van der Waals surface area contributed by atoms with Gasteiger partial charge in [-0.15, -0.1) is 0 Å². The number of aryl methyl sites for hydroxylation is 1. The summed E-state index contributed by atoms with van der Waals surface area (Å²) in [6, 6.07) is 0.541. The molecule has 4 nitrogen and oxygen atoms in total. The first-order valence-corrected chi connectivity index (χ1v) is 7.25. The molecule has 0 amide bonds. The van der Waals surface area contributed by atoms with Gasteiger partial charge in [0.2, 0.25) is 5.13 Å². The highest BCUT2D eigenvalue weighted by atomic mass is 32.1. The second kappa shape index (κ2) is 7.61. The van der Waals surface area contributed by atoms with Crippen LogP contribution in [0.4, 0.5) is 5.13 Å². The summed E-state index contributed by atoms with van der Waals surface area (Å²) in [4.78, 5) is 6.86. The molecule has 1 heterocycles. The van der Waals surface area contributed by atoms with Crippen LogP contribution in [0.1, 0.15) is 39.9 Å². The molecule has 5 heteroatoms. The van der Waals surface area contributed by atoms with E-state index in [0.717, 1.165) is 43.4 Å². The summed E-state index contributed by atoms with van der Waals surface area (Å²) in [7, 11) is 0. The molecule has 0 aromatic carbocycles. The molecule has 0 radical (unpaired) electrons. The van der Waals surface area contributed by atoms with E-state index in [9.17, 15) is 0 Å². The van der Waals surface area contributed by atoms with Gasteiger partial charge in [0.05, 0.1) is 0 Å². The SMILES string of the molecule is CCCc1nsc(N(CC)CCNC(C)C)n1. The first-order chi connectivity index (χ1) is 8.17. The normalized spacial score (nSPS) is 11.1. The van der Waals surface area contributed by atoms with Gasteiger partial charge >= 0.3 is 0 Å². The zero-order valence-electron chi connectivity index (χ0n) is 11.4. The van der Waals surface area contributed by atoms with E-state index in [1.165, 1.54) is 11.5 Å². The largest absolute Gasteiger partial charge is 0.346 e. The van der Waals surface area contributed by atoms with Gasteiger partial charge in [-0.3, -0.25) is 0 Å². The minimum absolute atomic E-state index is 0.541. The summed E-state index contributed by atoms with van der Waals surface area (Å²) in [5, 5.41) is 4.48. The molecule has 0 bridgehead atoms. The average molecular weight is 256 g/mol. The lowest BCUT2D eigenvalue weighted by molar-refractivity contribution is 0.583. The summed E-state index contributed by atoms with van der Waals surface area (Å²) < 4.78 is 4.39. The van der Waals surface area contributed by atoms with Gasteiger partial charge in [-0.1, -0.05) is 20.8 Å². The lowest BCUT2D eigenvalue weighted by Gasteiger charge is -2.20. The first kappa shape index (κ1) is 14.4. The Labute approximate surface area is 109 Å². The number of anilines is 1. The first-order valence-electron chi connectivity index (χ1n) is 6.48. The van der Waals surface area contributed by atoms with Crippen molar-refractivity contribution in [1.82, 2.24) is 14.7 Å². The highest BCUT2D eigenvalue weighted by molar-refractivity contribution is 7.09. The van der Waals surface area contributed by atoms with Gasteiger partial charge in [-0.2, -0.15) is 4.37 Å². The van der Waals surface area contributed by atoms with Crippen LogP contribution in [-0.2, 0) is 6.42 Å². The Balaban J connectivity index is 2.47. The fourth-order valence-corrected chi connectivity index (χ4v) is 2.38. The van der Waals surface area contributed by atoms with Crippen LogP contribution in [0.25, 0.3) is 0 Å². The number of rotatable bonds is 8. The van der Waals surface area contributed by atoms with E-state index in [4.69, 9.17) is 0 Å². The lowest BCUT2D eigenvalue weighted by Crippen LogP contribution is -2.34. The van der Waals surface area contributed by atoms with Crippen LogP contribution in [0.2, 0.25) is 0 Å². The van der Waals surface area contributed by atoms with Crippen LogP contribution in [-0.4, -0.2) is 35.0 Å². The van der Waals surface area contributed by atoms with Crippen molar-refractivity contribution in [1.29, 1.82) is 0 Å². The van der Waals surface area contributed by atoms with Crippen molar-refractivity contribution in [2.75, 3.05) is 24.5 Å². The van der Waals surface area contributed by atoms with E-state index >= 15 is 0 Å². The number of hydrogen-bond acceptors (Lipinski definition) is 5. The topological polar surface area (TPSA) is 41.1 Å². The zero-order chi connectivity index (χ0) is 12.7. The van der Waals surface area contributed by atoms with Gasteiger partial charge in [0.15, 0.2) is 0 Å². The van der Waals surface area contributed by atoms with Crippen LogP contribution in [0.5, 0.6) is 0 Å². The number of aromatic nitrogens is 2. The van der Waals surface area contributed by atoms with E-state index in [1.807, 2.05) is 0 Å². The van der Waals surface area contributed by atoms with E-state index in [-0.39, 0.29) is 0 Å². The van der Waals surface area contributed by atoms with Crippen LogP contribution in [0, 0.1) is 0 Å².